The number of aromatic amines is 1. The van der Waals surface area contributed by atoms with Gasteiger partial charge in [0.05, 0.1) is 11.4 Å². The lowest BCUT2D eigenvalue weighted by atomic mass is 10.1. The molecule has 1 fully saturated rings. The molecule has 1 saturated carbocycles. The Morgan fingerprint density at radius 3 is 2.53 bits per heavy atom. The van der Waals surface area contributed by atoms with Crippen LogP contribution in [0.25, 0.3) is 5.69 Å². The largest absolute Gasteiger partial charge is 0.294 e. The van der Waals surface area contributed by atoms with Crippen molar-refractivity contribution in [2.45, 2.75) is 31.6 Å². The highest BCUT2D eigenvalue weighted by molar-refractivity contribution is 9.10. The lowest BCUT2D eigenvalue weighted by molar-refractivity contribution is 0.674. The summed E-state index contributed by atoms with van der Waals surface area (Å²) in [4.78, 5) is 12.4. The van der Waals surface area contributed by atoms with E-state index in [4.69, 9.17) is 0 Å². The zero-order valence-electron chi connectivity index (χ0n) is 10.3. The second-order valence-corrected chi connectivity index (χ2v) is 6.56. The quantitative estimate of drug-likeness (QED) is 0.819. The van der Waals surface area contributed by atoms with Crippen LogP contribution in [-0.2, 0) is 0 Å². The third kappa shape index (κ3) is 2.34. The average Bonchev–Trinajstić information content (AvgIpc) is 3.02. The van der Waals surface area contributed by atoms with Crippen LogP contribution in [0.3, 0.4) is 0 Å². The molecule has 0 spiro atoms. The molecule has 1 aliphatic carbocycles. The maximum absolute atomic E-state index is 12.4. The smallest absolute Gasteiger partial charge is 0.285 e. The van der Waals surface area contributed by atoms with Gasteiger partial charge in [0.25, 0.3) is 5.56 Å². The van der Waals surface area contributed by atoms with Gasteiger partial charge < -0.3 is 0 Å². The number of halogens is 2. The van der Waals surface area contributed by atoms with E-state index < -0.39 is 0 Å². The average molecular weight is 386 g/mol. The highest BCUT2D eigenvalue weighted by atomic mass is 79.9. The molecule has 3 nitrogen and oxygen atoms in total. The Morgan fingerprint density at radius 1 is 1.16 bits per heavy atom. The summed E-state index contributed by atoms with van der Waals surface area (Å²) in [7, 11) is 0. The van der Waals surface area contributed by atoms with Gasteiger partial charge in [-0.15, -0.1) is 0 Å². The summed E-state index contributed by atoms with van der Waals surface area (Å²) >= 11 is 6.94. The van der Waals surface area contributed by atoms with E-state index >= 15 is 0 Å². The second kappa shape index (κ2) is 5.29. The third-order valence-electron chi connectivity index (χ3n) is 3.72. The normalized spacial score (nSPS) is 16.1. The maximum Gasteiger partial charge on any atom is 0.285 e. The number of para-hydroxylation sites is 1. The molecule has 0 saturated heterocycles. The molecule has 0 atom stereocenters. The van der Waals surface area contributed by atoms with Crippen LogP contribution in [0.4, 0.5) is 0 Å². The molecule has 100 valence electrons. The van der Waals surface area contributed by atoms with E-state index in [1.807, 2.05) is 24.3 Å². The van der Waals surface area contributed by atoms with Gasteiger partial charge in [0, 0.05) is 10.4 Å². The molecule has 2 aromatic rings. The molecular weight excluding hydrogens is 372 g/mol. The van der Waals surface area contributed by atoms with Gasteiger partial charge in [-0.3, -0.25) is 9.89 Å². The van der Waals surface area contributed by atoms with Crippen molar-refractivity contribution >= 4 is 31.9 Å². The number of nitrogens with one attached hydrogen (secondary N) is 1. The van der Waals surface area contributed by atoms with E-state index in [1.165, 1.54) is 12.8 Å². The fourth-order valence-electron chi connectivity index (χ4n) is 2.72. The van der Waals surface area contributed by atoms with E-state index in [1.54, 1.807) is 4.68 Å². The SMILES string of the molecule is O=c1c(Br)c(C2CCCC2)[nH]n1-c1ccccc1Br. The van der Waals surface area contributed by atoms with Crippen molar-refractivity contribution < 1.29 is 0 Å². The minimum atomic E-state index is -0.0196. The molecule has 1 aliphatic rings. The van der Waals surface area contributed by atoms with Crippen molar-refractivity contribution in [3.63, 3.8) is 0 Å². The third-order valence-corrected chi connectivity index (χ3v) is 5.15. The van der Waals surface area contributed by atoms with E-state index in [0.29, 0.717) is 10.4 Å². The lowest BCUT2D eigenvalue weighted by Gasteiger charge is -2.07. The van der Waals surface area contributed by atoms with Gasteiger partial charge in [0.15, 0.2) is 0 Å². The van der Waals surface area contributed by atoms with E-state index in [9.17, 15) is 4.79 Å². The molecule has 5 heteroatoms. The van der Waals surface area contributed by atoms with Gasteiger partial charge in [-0.1, -0.05) is 25.0 Å². The highest BCUT2D eigenvalue weighted by Crippen LogP contribution is 2.36. The molecule has 0 aliphatic heterocycles. The van der Waals surface area contributed by atoms with Crippen molar-refractivity contribution in [3.05, 3.63) is 49.3 Å². The molecule has 0 amide bonds. The molecule has 19 heavy (non-hydrogen) atoms. The van der Waals surface area contributed by atoms with Gasteiger partial charge >= 0.3 is 0 Å². The van der Waals surface area contributed by atoms with Crippen molar-refractivity contribution in [1.29, 1.82) is 0 Å². The van der Waals surface area contributed by atoms with Gasteiger partial charge in [-0.25, -0.2) is 4.68 Å². The predicted octanol–water partition coefficient (Wildman–Crippen LogP) is 4.35. The lowest BCUT2D eigenvalue weighted by Crippen LogP contribution is -2.15. The Labute approximate surface area is 128 Å². The van der Waals surface area contributed by atoms with Crippen LogP contribution >= 0.6 is 31.9 Å². The van der Waals surface area contributed by atoms with Gasteiger partial charge in [-0.05, 0) is 56.8 Å². The zero-order chi connectivity index (χ0) is 13.4. The first-order chi connectivity index (χ1) is 9.18. The number of aromatic nitrogens is 2. The number of rotatable bonds is 2. The standard InChI is InChI=1S/C14H14Br2N2O/c15-10-7-3-4-8-11(10)18-14(19)12(16)13(17-18)9-5-1-2-6-9/h3-4,7-9,17H,1-2,5-6H2. The predicted molar refractivity (Wildman–Crippen MR) is 83.0 cm³/mol. The number of hydrogen-bond acceptors (Lipinski definition) is 1. The highest BCUT2D eigenvalue weighted by Gasteiger charge is 2.24. The summed E-state index contributed by atoms with van der Waals surface area (Å²) in [6, 6.07) is 7.73. The van der Waals surface area contributed by atoms with Crippen LogP contribution in [0.15, 0.2) is 38.0 Å². The van der Waals surface area contributed by atoms with Crippen LogP contribution < -0.4 is 5.56 Å². The first kappa shape index (κ1) is 13.2. The first-order valence-electron chi connectivity index (χ1n) is 6.44. The summed E-state index contributed by atoms with van der Waals surface area (Å²) in [5.74, 6) is 0.478. The number of benzene rings is 1. The monoisotopic (exact) mass is 384 g/mol. The van der Waals surface area contributed by atoms with Crippen molar-refractivity contribution in [2.75, 3.05) is 0 Å². The fourth-order valence-corrected chi connectivity index (χ4v) is 3.77. The van der Waals surface area contributed by atoms with Crippen LogP contribution in [0, 0.1) is 0 Å². The number of nitrogens with zero attached hydrogens (tertiary/aromatic N) is 1. The summed E-state index contributed by atoms with van der Waals surface area (Å²) < 4.78 is 3.20. The Bertz CT molecular complexity index is 654. The molecule has 1 aromatic carbocycles. The van der Waals surface area contributed by atoms with Crippen LogP contribution in [-0.4, -0.2) is 9.78 Å². The topological polar surface area (TPSA) is 37.8 Å². The molecule has 0 bridgehead atoms. The molecular formula is C14H14Br2N2O. The Morgan fingerprint density at radius 2 is 1.84 bits per heavy atom. The summed E-state index contributed by atoms with van der Waals surface area (Å²) in [5.41, 5.74) is 1.87. The van der Waals surface area contributed by atoms with E-state index in [2.05, 4.69) is 37.0 Å². The zero-order valence-corrected chi connectivity index (χ0v) is 13.5. The summed E-state index contributed by atoms with van der Waals surface area (Å²) in [5, 5.41) is 3.28. The van der Waals surface area contributed by atoms with Crippen molar-refractivity contribution in [1.82, 2.24) is 9.78 Å². The number of H-pyrrole nitrogens is 1. The maximum atomic E-state index is 12.4. The van der Waals surface area contributed by atoms with Crippen molar-refractivity contribution in [2.24, 2.45) is 0 Å². The molecule has 1 N–H and O–H groups in total. The van der Waals surface area contributed by atoms with Crippen LogP contribution in [0.5, 0.6) is 0 Å². The van der Waals surface area contributed by atoms with E-state index in [0.717, 1.165) is 28.7 Å². The van der Waals surface area contributed by atoms with E-state index in [-0.39, 0.29) is 5.56 Å². The fraction of sp³-hybridized carbons (Fsp3) is 0.357. The summed E-state index contributed by atoms with van der Waals surface area (Å²) in [6.45, 7) is 0. The number of hydrogen-bond donors (Lipinski definition) is 1. The summed E-state index contributed by atoms with van der Waals surface area (Å²) in [6.07, 6.45) is 4.82. The molecule has 1 aromatic heterocycles. The van der Waals surface area contributed by atoms with Crippen molar-refractivity contribution in [3.8, 4) is 5.69 Å². The molecule has 3 rings (SSSR count). The van der Waals surface area contributed by atoms with Crippen LogP contribution in [0.2, 0.25) is 0 Å². The minimum Gasteiger partial charge on any atom is -0.294 e. The Hall–Kier alpha value is -0.810. The van der Waals surface area contributed by atoms with Gasteiger partial charge in [-0.2, -0.15) is 0 Å². The van der Waals surface area contributed by atoms with Crippen LogP contribution in [0.1, 0.15) is 37.3 Å². The Kier molecular flexibility index (Phi) is 3.67. The Balaban J connectivity index is 2.11. The minimum absolute atomic E-state index is 0.0196. The molecule has 1 heterocycles. The van der Waals surface area contributed by atoms with Gasteiger partial charge in [0.1, 0.15) is 4.47 Å². The molecule has 0 unspecified atom stereocenters. The second-order valence-electron chi connectivity index (χ2n) is 4.91. The van der Waals surface area contributed by atoms with Gasteiger partial charge in [0.2, 0.25) is 0 Å². The first-order valence-corrected chi connectivity index (χ1v) is 8.02. The molecule has 0 radical (unpaired) electrons.